The molecule has 106 valence electrons. The molecule has 2 aromatic rings. The van der Waals surface area contributed by atoms with Gasteiger partial charge in [-0.3, -0.25) is 0 Å². The summed E-state index contributed by atoms with van der Waals surface area (Å²) in [5.74, 6) is 0. The monoisotopic (exact) mass is 312 g/mol. The fourth-order valence-corrected chi connectivity index (χ4v) is 2.94. The van der Waals surface area contributed by atoms with Crippen LogP contribution in [-0.4, -0.2) is 25.1 Å². The van der Waals surface area contributed by atoms with Gasteiger partial charge in [0.15, 0.2) is 0 Å². The van der Waals surface area contributed by atoms with Crippen molar-refractivity contribution in [2.45, 2.75) is 10.9 Å². The van der Waals surface area contributed by atoms with Gasteiger partial charge in [0.05, 0.1) is 12.6 Å². The summed E-state index contributed by atoms with van der Waals surface area (Å²) in [7, 11) is -3.77. The van der Waals surface area contributed by atoms with Gasteiger partial charge in [-0.2, -0.15) is 0 Å². The van der Waals surface area contributed by atoms with Crippen LogP contribution >= 0.6 is 11.6 Å². The van der Waals surface area contributed by atoms with Crippen LogP contribution in [0, 0.1) is 0 Å². The maximum atomic E-state index is 12.2. The molecule has 7 heteroatoms. The lowest BCUT2D eigenvalue weighted by Gasteiger charge is -2.16. The number of benzene rings is 1. The van der Waals surface area contributed by atoms with E-state index < -0.39 is 16.1 Å². The number of halogens is 1. The first-order valence-electron chi connectivity index (χ1n) is 5.82. The lowest BCUT2D eigenvalue weighted by Crippen LogP contribution is -2.30. The van der Waals surface area contributed by atoms with Crippen molar-refractivity contribution in [1.82, 2.24) is 9.71 Å². The van der Waals surface area contributed by atoms with Gasteiger partial charge in [0.25, 0.3) is 0 Å². The summed E-state index contributed by atoms with van der Waals surface area (Å²) in [4.78, 5) is 3.73. The van der Waals surface area contributed by atoms with E-state index in [4.69, 9.17) is 11.6 Å². The Morgan fingerprint density at radius 1 is 1.20 bits per heavy atom. The van der Waals surface area contributed by atoms with E-state index in [9.17, 15) is 13.5 Å². The summed E-state index contributed by atoms with van der Waals surface area (Å²) >= 11 is 5.62. The SMILES string of the molecule is O=S(=O)(N[C@@H](CO)c1ccccc1)c1ccc(Cl)nc1. The first-order valence-corrected chi connectivity index (χ1v) is 7.69. The van der Waals surface area contributed by atoms with Crippen LogP contribution in [0.15, 0.2) is 53.6 Å². The van der Waals surface area contributed by atoms with Crippen LogP contribution in [0.2, 0.25) is 5.15 Å². The minimum atomic E-state index is -3.77. The molecule has 0 aliphatic rings. The van der Waals surface area contributed by atoms with Crippen molar-refractivity contribution >= 4 is 21.6 Å². The highest BCUT2D eigenvalue weighted by Crippen LogP contribution is 2.17. The molecule has 0 bridgehead atoms. The zero-order valence-electron chi connectivity index (χ0n) is 10.4. The van der Waals surface area contributed by atoms with Crippen molar-refractivity contribution in [1.29, 1.82) is 0 Å². The number of hydrogen-bond acceptors (Lipinski definition) is 4. The molecule has 0 spiro atoms. The molecular weight excluding hydrogens is 300 g/mol. The zero-order chi connectivity index (χ0) is 14.6. The van der Waals surface area contributed by atoms with Crippen LogP contribution in [0.1, 0.15) is 11.6 Å². The summed E-state index contributed by atoms with van der Waals surface area (Å²) in [6.07, 6.45) is 1.17. The molecule has 0 saturated heterocycles. The first kappa shape index (κ1) is 14.9. The van der Waals surface area contributed by atoms with Crippen molar-refractivity contribution in [2.24, 2.45) is 0 Å². The van der Waals surface area contributed by atoms with Gasteiger partial charge in [-0.15, -0.1) is 0 Å². The highest BCUT2D eigenvalue weighted by Gasteiger charge is 2.21. The van der Waals surface area contributed by atoms with Crippen LogP contribution in [0.5, 0.6) is 0 Å². The molecule has 2 rings (SSSR count). The van der Waals surface area contributed by atoms with Gasteiger partial charge in [0, 0.05) is 6.20 Å². The zero-order valence-corrected chi connectivity index (χ0v) is 12.0. The summed E-state index contributed by atoms with van der Waals surface area (Å²) in [5, 5.41) is 9.58. The maximum Gasteiger partial charge on any atom is 0.242 e. The van der Waals surface area contributed by atoms with Gasteiger partial charge in [0.2, 0.25) is 10.0 Å². The number of sulfonamides is 1. The Hall–Kier alpha value is -1.47. The third kappa shape index (κ3) is 3.55. The van der Waals surface area contributed by atoms with Gasteiger partial charge >= 0.3 is 0 Å². The summed E-state index contributed by atoms with van der Waals surface area (Å²) in [6.45, 7) is -0.343. The molecule has 2 N–H and O–H groups in total. The van der Waals surface area contributed by atoms with E-state index in [0.29, 0.717) is 5.56 Å². The van der Waals surface area contributed by atoms with Gasteiger partial charge < -0.3 is 5.11 Å². The number of nitrogens with one attached hydrogen (secondary N) is 1. The topological polar surface area (TPSA) is 79.3 Å². The predicted octanol–water partition coefficient (Wildman–Crippen LogP) is 1.75. The van der Waals surface area contributed by atoms with Crippen LogP contribution in [0.3, 0.4) is 0 Å². The predicted molar refractivity (Wildman–Crippen MR) is 75.8 cm³/mol. The van der Waals surface area contributed by atoms with Crippen molar-refractivity contribution in [3.63, 3.8) is 0 Å². The Balaban J connectivity index is 2.24. The van der Waals surface area contributed by atoms with Crippen molar-refractivity contribution in [3.05, 3.63) is 59.4 Å². The molecule has 20 heavy (non-hydrogen) atoms. The third-order valence-electron chi connectivity index (χ3n) is 2.69. The Kier molecular flexibility index (Phi) is 4.72. The minimum Gasteiger partial charge on any atom is -0.394 e. The Labute approximate surface area is 122 Å². The van der Waals surface area contributed by atoms with Gasteiger partial charge in [-0.1, -0.05) is 41.9 Å². The first-order chi connectivity index (χ1) is 9.53. The Morgan fingerprint density at radius 2 is 1.90 bits per heavy atom. The smallest absolute Gasteiger partial charge is 0.242 e. The Bertz CT molecular complexity index is 660. The second-order valence-corrected chi connectivity index (χ2v) is 6.18. The average molecular weight is 313 g/mol. The summed E-state index contributed by atoms with van der Waals surface area (Å²) in [6, 6.07) is 10.9. The number of nitrogens with zero attached hydrogens (tertiary/aromatic N) is 1. The highest BCUT2D eigenvalue weighted by molar-refractivity contribution is 7.89. The number of aliphatic hydroxyl groups is 1. The van der Waals surface area contributed by atoms with E-state index in [1.807, 2.05) is 6.07 Å². The fraction of sp³-hybridized carbons (Fsp3) is 0.154. The van der Waals surface area contributed by atoms with Crippen molar-refractivity contribution in [3.8, 4) is 0 Å². The van der Waals surface area contributed by atoms with E-state index in [0.717, 1.165) is 0 Å². The molecule has 0 amide bonds. The number of aromatic nitrogens is 1. The third-order valence-corrected chi connectivity index (χ3v) is 4.37. The molecule has 1 atom stereocenters. The lowest BCUT2D eigenvalue weighted by molar-refractivity contribution is 0.259. The molecule has 1 aromatic carbocycles. The maximum absolute atomic E-state index is 12.2. The quantitative estimate of drug-likeness (QED) is 0.824. The molecule has 0 aliphatic heterocycles. The normalized spacial score (nSPS) is 13.1. The molecule has 5 nitrogen and oxygen atoms in total. The fourth-order valence-electron chi connectivity index (χ4n) is 1.67. The lowest BCUT2D eigenvalue weighted by atomic mass is 10.1. The Morgan fingerprint density at radius 3 is 2.45 bits per heavy atom. The van der Waals surface area contributed by atoms with E-state index >= 15 is 0 Å². The van der Waals surface area contributed by atoms with E-state index in [1.54, 1.807) is 24.3 Å². The molecule has 0 aliphatic carbocycles. The van der Waals surface area contributed by atoms with E-state index in [1.165, 1.54) is 18.3 Å². The van der Waals surface area contributed by atoms with Crippen LogP contribution in [-0.2, 0) is 10.0 Å². The number of hydrogen-bond donors (Lipinski definition) is 2. The molecule has 0 fully saturated rings. The largest absolute Gasteiger partial charge is 0.394 e. The molecule has 1 heterocycles. The van der Waals surface area contributed by atoms with E-state index in [-0.39, 0.29) is 16.7 Å². The van der Waals surface area contributed by atoms with Crippen LogP contribution < -0.4 is 4.72 Å². The van der Waals surface area contributed by atoms with Gasteiger partial charge in [-0.25, -0.2) is 18.1 Å². The van der Waals surface area contributed by atoms with Crippen LogP contribution in [0.4, 0.5) is 0 Å². The highest BCUT2D eigenvalue weighted by atomic mass is 35.5. The van der Waals surface area contributed by atoms with Gasteiger partial charge in [-0.05, 0) is 17.7 Å². The molecule has 0 unspecified atom stereocenters. The second-order valence-electron chi connectivity index (χ2n) is 4.08. The second kappa shape index (κ2) is 6.32. The number of aliphatic hydroxyl groups excluding tert-OH is 1. The summed E-state index contributed by atoms with van der Waals surface area (Å²) < 4.78 is 26.8. The summed E-state index contributed by atoms with van der Waals surface area (Å²) in [5.41, 5.74) is 0.681. The standard InChI is InChI=1S/C13H13ClN2O3S/c14-13-7-6-11(8-15-13)20(18,19)16-12(9-17)10-4-2-1-3-5-10/h1-8,12,16-17H,9H2/t12-/m0/s1. The van der Waals surface area contributed by atoms with Crippen molar-refractivity contribution in [2.75, 3.05) is 6.61 Å². The average Bonchev–Trinajstić information content (AvgIpc) is 2.46. The number of rotatable bonds is 5. The van der Waals surface area contributed by atoms with Crippen molar-refractivity contribution < 1.29 is 13.5 Å². The molecule has 0 saturated carbocycles. The van der Waals surface area contributed by atoms with Gasteiger partial charge in [0.1, 0.15) is 10.0 Å². The molecule has 1 aromatic heterocycles. The molecule has 0 radical (unpaired) electrons. The van der Waals surface area contributed by atoms with E-state index in [2.05, 4.69) is 9.71 Å². The minimum absolute atomic E-state index is 0.00344. The van der Waals surface area contributed by atoms with Crippen LogP contribution in [0.25, 0.3) is 0 Å². The molecular formula is C13H13ClN2O3S. The number of pyridine rings is 1.